The molecule has 0 saturated carbocycles. The van der Waals surface area contributed by atoms with Gasteiger partial charge in [0.1, 0.15) is 0 Å². The highest BCUT2D eigenvalue weighted by Crippen LogP contribution is 2.08. The van der Waals surface area contributed by atoms with Crippen molar-refractivity contribution in [1.29, 1.82) is 0 Å². The monoisotopic (exact) mass is 200 g/mol. The summed E-state index contributed by atoms with van der Waals surface area (Å²) in [6.45, 7) is 8.17. The molecule has 3 N–H and O–H groups in total. The number of hydrogen-bond acceptors (Lipinski definition) is 3. The number of aliphatic hydroxyl groups is 1. The average Bonchev–Trinajstić information content (AvgIpc) is 2.19. The van der Waals surface area contributed by atoms with E-state index in [0.717, 1.165) is 25.6 Å². The molecule has 14 heavy (non-hydrogen) atoms. The van der Waals surface area contributed by atoms with Gasteiger partial charge in [-0.2, -0.15) is 0 Å². The molecule has 1 aliphatic heterocycles. The average molecular weight is 200 g/mol. The Labute approximate surface area is 87.3 Å². The molecular weight excluding hydrogens is 176 g/mol. The first-order chi connectivity index (χ1) is 6.70. The van der Waals surface area contributed by atoms with Gasteiger partial charge in [-0.05, 0) is 44.3 Å². The number of hydrogen-bond donors (Lipinski definition) is 3. The summed E-state index contributed by atoms with van der Waals surface area (Å²) in [7, 11) is 0. The Balaban J connectivity index is 2.02. The number of piperidine rings is 1. The zero-order valence-corrected chi connectivity index (χ0v) is 9.42. The van der Waals surface area contributed by atoms with Gasteiger partial charge >= 0.3 is 0 Å². The van der Waals surface area contributed by atoms with Gasteiger partial charge in [-0.15, -0.1) is 0 Å². The van der Waals surface area contributed by atoms with Crippen molar-refractivity contribution in [1.82, 2.24) is 10.6 Å². The van der Waals surface area contributed by atoms with Crippen LogP contribution < -0.4 is 10.6 Å². The Bertz CT molecular complexity index is 144. The number of aliphatic hydroxyl groups excluding tert-OH is 1. The van der Waals surface area contributed by atoms with Gasteiger partial charge in [0.15, 0.2) is 0 Å². The second-order valence-electron chi connectivity index (χ2n) is 4.68. The van der Waals surface area contributed by atoms with Crippen LogP contribution in [0.2, 0.25) is 0 Å². The lowest BCUT2D eigenvalue weighted by Gasteiger charge is -2.24. The van der Waals surface area contributed by atoms with Gasteiger partial charge < -0.3 is 15.7 Å². The molecule has 1 saturated heterocycles. The maximum atomic E-state index is 9.58. The molecule has 3 heteroatoms. The molecule has 1 rings (SSSR count). The smallest absolute Gasteiger partial charge is 0.0687 e. The largest absolute Gasteiger partial charge is 0.392 e. The molecule has 0 radical (unpaired) electrons. The van der Waals surface area contributed by atoms with Crippen molar-refractivity contribution in [2.24, 2.45) is 11.8 Å². The molecule has 1 aliphatic rings. The zero-order valence-electron chi connectivity index (χ0n) is 9.42. The molecule has 0 spiro atoms. The van der Waals surface area contributed by atoms with Crippen molar-refractivity contribution >= 4 is 0 Å². The standard InChI is InChI=1S/C11H24N2O/c1-9(2)11(14)8-13-7-10-4-3-5-12-6-10/h9-14H,3-8H2,1-2H3. The summed E-state index contributed by atoms with van der Waals surface area (Å²) in [5, 5.41) is 16.3. The van der Waals surface area contributed by atoms with E-state index in [-0.39, 0.29) is 6.10 Å². The van der Waals surface area contributed by atoms with Crippen LogP contribution in [0.4, 0.5) is 0 Å². The third kappa shape index (κ3) is 4.40. The van der Waals surface area contributed by atoms with Gasteiger partial charge in [0.25, 0.3) is 0 Å². The Hall–Kier alpha value is -0.120. The highest BCUT2D eigenvalue weighted by molar-refractivity contribution is 4.72. The Morgan fingerprint density at radius 1 is 1.50 bits per heavy atom. The van der Waals surface area contributed by atoms with Crippen LogP contribution in [-0.4, -0.2) is 37.4 Å². The van der Waals surface area contributed by atoms with Crippen LogP contribution in [0.5, 0.6) is 0 Å². The minimum atomic E-state index is -0.202. The summed E-state index contributed by atoms with van der Waals surface area (Å²) in [5.74, 6) is 1.11. The van der Waals surface area contributed by atoms with E-state index in [1.807, 2.05) is 0 Å². The first-order valence-electron chi connectivity index (χ1n) is 5.79. The molecule has 1 heterocycles. The molecular formula is C11H24N2O. The Morgan fingerprint density at radius 3 is 2.86 bits per heavy atom. The number of rotatable bonds is 5. The van der Waals surface area contributed by atoms with Crippen LogP contribution in [-0.2, 0) is 0 Å². The van der Waals surface area contributed by atoms with Gasteiger partial charge in [0.2, 0.25) is 0 Å². The van der Waals surface area contributed by atoms with Gasteiger partial charge in [-0.25, -0.2) is 0 Å². The highest BCUT2D eigenvalue weighted by Gasteiger charge is 2.13. The SMILES string of the molecule is CC(C)C(O)CNCC1CCCNC1. The van der Waals surface area contributed by atoms with Crippen LogP contribution >= 0.6 is 0 Å². The van der Waals surface area contributed by atoms with Crippen molar-refractivity contribution in [3.63, 3.8) is 0 Å². The van der Waals surface area contributed by atoms with E-state index in [1.165, 1.54) is 19.4 Å². The molecule has 0 aliphatic carbocycles. The summed E-state index contributed by atoms with van der Waals surface area (Å²) >= 11 is 0. The third-order valence-corrected chi connectivity index (χ3v) is 2.95. The van der Waals surface area contributed by atoms with Gasteiger partial charge in [-0.3, -0.25) is 0 Å². The highest BCUT2D eigenvalue weighted by atomic mass is 16.3. The Kier molecular flexibility index (Phi) is 5.45. The fraction of sp³-hybridized carbons (Fsp3) is 1.00. The van der Waals surface area contributed by atoms with E-state index in [2.05, 4.69) is 24.5 Å². The Morgan fingerprint density at radius 2 is 2.29 bits per heavy atom. The van der Waals surface area contributed by atoms with Gasteiger partial charge in [0, 0.05) is 6.54 Å². The molecule has 0 bridgehead atoms. The minimum absolute atomic E-state index is 0.202. The summed E-state index contributed by atoms with van der Waals surface area (Å²) in [4.78, 5) is 0. The van der Waals surface area contributed by atoms with Crippen LogP contribution in [0.25, 0.3) is 0 Å². The van der Waals surface area contributed by atoms with Crippen LogP contribution in [0.1, 0.15) is 26.7 Å². The lowest BCUT2D eigenvalue weighted by atomic mass is 9.99. The van der Waals surface area contributed by atoms with Crippen LogP contribution in [0.3, 0.4) is 0 Å². The summed E-state index contributed by atoms with van der Waals surface area (Å²) in [5.41, 5.74) is 0. The van der Waals surface area contributed by atoms with E-state index in [4.69, 9.17) is 0 Å². The first kappa shape index (κ1) is 12.0. The summed E-state index contributed by atoms with van der Waals surface area (Å²) < 4.78 is 0. The summed E-state index contributed by atoms with van der Waals surface area (Å²) in [6, 6.07) is 0. The fourth-order valence-corrected chi connectivity index (χ4v) is 1.77. The third-order valence-electron chi connectivity index (χ3n) is 2.95. The quantitative estimate of drug-likeness (QED) is 0.609. The summed E-state index contributed by atoms with van der Waals surface area (Å²) in [6.07, 6.45) is 2.41. The maximum absolute atomic E-state index is 9.58. The second kappa shape index (κ2) is 6.38. The van der Waals surface area contributed by atoms with E-state index in [9.17, 15) is 5.11 Å². The van der Waals surface area contributed by atoms with E-state index in [0.29, 0.717) is 5.92 Å². The lowest BCUT2D eigenvalue weighted by molar-refractivity contribution is 0.122. The second-order valence-corrected chi connectivity index (χ2v) is 4.68. The molecule has 0 aromatic carbocycles. The predicted octanol–water partition coefficient (Wildman–Crippen LogP) is 0.592. The fourth-order valence-electron chi connectivity index (χ4n) is 1.77. The molecule has 3 nitrogen and oxygen atoms in total. The van der Waals surface area contributed by atoms with Crippen molar-refractivity contribution in [2.45, 2.75) is 32.8 Å². The molecule has 0 aromatic heterocycles. The normalized spacial score (nSPS) is 25.3. The molecule has 0 aromatic rings. The first-order valence-corrected chi connectivity index (χ1v) is 5.79. The molecule has 84 valence electrons. The zero-order chi connectivity index (χ0) is 10.4. The van der Waals surface area contributed by atoms with Crippen molar-refractivity contribution in [3.8, 4) is 0 Å². The van der Waals surface area contributed by atoms with Crippen LogP contribution in [0.15, 0.2) is 0 Å². The van der Waals surface area contributed by atoms with E-state index >= 15 is 0 Å². The van der Waals surface area contributed by atoms with E-state index < -0.39 is 0 Å². The predicted molar refractivity (Wildman–Crippen MR) is 59.3 cm³/mol. The maximum Gasteiger partial charge on any atom is 0.0687 e. The van der Waals surface area contributed by atoms with Crippen LogP contribution in [0, 0.1) is 11.8 Å². The van der Waals surface area contributed by atoms with Crippen molar-refractivity contribution in [2.75, 3.05) is 26.2 Å². The number of nitrogens with one attached hydrogen (secondary N) is 2. The topological polar surface area (TPSA) is 44.3 Å². The van der Waals surface area contributed by atoms with Gasteiger partial charge in [0.05, 0.1) is 6.10 Å². The molecule has 2 atom stereocenters. The molecule has 0 amide bonds. The minimum Gasteiger partial charge on any atom is -0.392 e. The van der Waals surface area contributed by atoms with Crippen molar-refractivity contribution < 1.29 is 5.11 Å². The lowest BCUT2D eigenvalue weighted by Crippen LogP contribution is -2.39. The molecule has 2 unspecified atom stereocenters. The van der Waals surface area contributed by atoms with Gasteiger partial charge in [-0.1, -0.05) is 13.8 Å². The van der Waals surface area contributed by atoms with E-state index in [1.54, 1.807) is 0 Å². The van der Waals surface area contributed by atoms with Crippen molar-refractivity contribution in [3.05, 3.63) is 0 Å². The molecule has 1 fully saturated rings.